The maximum Gasteiger partial charge on any atom is 0.460 e. The molecule has 114 valence electrons. The minimum atomic E-state index is -7.79. The fourth-order valence-corrected chi connectivity index (χ4v) is 1.38. The van der Waals surface area contributed by atoms with E-state index in [0.29, 0.717) is 0 Å². The molecule has 0 aliphatic heterocycles. The molecule has 0 aromatic carbocycles. The number of hydrogen-bond donors (Lipinski definition) is 0. The maximum absolute atomic E-state index is 12.8. The van der Waals surface area contributed by atoms with Gasteiger partial charge in [-0.15, -0.1) is 3.89 Å². The lowest BCUT2D eigenvalue weighted by molar-refractivity contribution is -0.367. The van der Waals surface area contributed by atoms with E-state index in [2.05, 4.69) is 0 Å². The van der Waals surface area contributed by atoms with E-state index in [0.717, 1.165) is 0 Å². The molecule has 0 saturated heterocycles. The summed E-state index contributed by atoms with van der Waals surface area (Å²) < 4.78 is 141. The second-order valence-electron chi connectivity index (χ2n) is 2.95. The van der Waals surface area contributed by atoms with E-state index in [1.807, 2.05) is 0 Å². The van der Waals surface area contributed by atoms with Crippen molar-refractivity contribution in [3.05, 3.63) is 0 Å². The number of alkyl halides is 8. The van der Waals surface area contributed by atoms with Crippen molar-refractivity contribution in [2.24, 2.45) is 0 Å². The molecule has 0 bridgehead atoms. The summed E-state index contributed by atoms with van der Waals surface area (Å²) in [5, 5.41) is -7.03. The van der Waals surface area contributed by atoms with E-state index in [4.69, 9.17) is 0 Å². The Hall–Kier alpha value is -1.08. The highest BCUT2D eigenvalue weighted by molar-refractivity contribution is 7.88. The summed E-state index contributed by atoms with van der Waals surface area (Å²) in [7, 11) is -7.79. The quantitative estimate of drug-likeness (QED) is 0.587. The van der Waals surface area contributed by atoms with Crippen LogP contribution in [0.1, 0.15) is 0 Å². The number of carbonyl (C=O) groups excluding carboxylic acids is 1. The monoisotopic (exact) mass is 330 g/mol. The highest BCUT2D eigenvalue weighted by Gasteiger charge is 2.87. The summed E-state index contributed by atoms with van der Waals surface area (Å²) in [6.45, 7) is 0. The van der Waals surface area contributed by atoms with E-state index in [-0.39, 0.29) is 0 Å². The van der Waals surface area contributed by atoms with Gasteiger partial charge in [0.15, 0.2) is 0 Å². The zero-order valence-electron chi connectivity index (χ0n) is 7.91. The molecule has 0 saturated carbocycles. The van der Waals surface area contributed by atoms with Crippen LogP contribution in [-0.4, -0.2) is 37.5 Å². The number of rotatable bonds is 4. The SMILES string of the molecule is O=C(F)[C@@](F)(C(F)(F)C(F)(F)C(F)(F)F)S(=O)(=O)F. The predicted octanol–water partition coefficient (Wildman–Crippen LogP) is 2.28. The second kappa shape index (κ2) is 4.21. The van der Waals surface area contributed by atoms with Crippen LogP contribution in [0.3, 0.4) is 0 Å². The van der Waals surface area contributed by atoms with Crippen LogP contribution in [0, 0.1) is 0 Å². The Morgan fingerprint density at radius 1 is 0.789 bits per heavy atom. The van der Waals surface area contributed by atoms with Crippen LogP contribution in [-0.2, 0) is 15.0 Å². The van der Waals surface area contributed by atoms with Crippen LogP contribution in [0.5, 0.6) is 0 Å². The number of halogens is 10. The van der Waals surface area contributed by atoms with Gasteiger partial charge in [-0.2, -0.15) is 43.5 Å². The van der Waals surface area contributed by atoms with Gasteiger partial charge in [0.05, 0.1) is 0 Å². The lowest BCUT2D eigenvalue weighted by Crippen LogP contribution is -2.66. The second-order valence-corrected chi connectivity index (χ2v) is 4.39. The lowest BCUT2D eigenvalue weighted by atomic mass is 10.1. The first-order chi connectivity index (χ1) is 7.94. The van der Waals surface area contributed by atoms with Gasteiger partial charge in [-0.3, -0.25) is 4.79 Å². The molecule has 14 heteroatoms. The Balaban J connectivity index is 6.38. The van der Waals surface area contributed by atoms with Crippen molar-refractivity contribution >= 4 is 16.3 Å². The Morgan fingerprint density at radius 2 is 1.11 bits per heavy atom. The fraction of sp³-hybridized carbons (Fsp3) is 0.800. The third-order valence-corrected chi connectivity index (χ3v) is 2.83. The molecule has 3 nitrogen and oxygen atoms in total. The lowest BCUT2D eigenvalue weighted by Gasteiger charge is -2.33. The molecular formula is C5F10O3S. The van der Waals surface area contributed by atoms with E-state index in [1.165, 1.54) is 0 Å². The molecule has 0 aromatic heterocycles. The molecule has 0 aliphatic carbocycles. The molecular weight excluding hydrogens is 330 g/mol. The smallest absolute Gasteiger partial charge is 0.256 e. The summed E-state index contributed by atoms with van der Waals surface area (Å²) in [6, 6.07) is -4.57. The Kier molecular flexibility index (Phi) is 3.97. The fourth-order valence-electron chi connectivity index (χ4n) is 0.752. The van der Waals surface area contributed by atoms with Crippen LogP contribution >= 0.6 is 0 Å². The van der Waals surface area contributed by atoms with Gasteiger partial charge >= 0.3 is 39.3 Å². The minimum Gasteiger partial charge on any atom is -0.256 e. The molecule has 0 radical (unpaired) electrons. The molecule has 0 fully saturated rings. The molecule has 0 aliphatic rings. The molecule has 0 unspecified atom stereocenters. The average molecular weight is 330 g/mol. The van der Waals surface area contributed by atoms with Crippen molar-refractivity contribution in [1.82, 2.24) is 0 Å². The summed E-state index contributed by atoms with van der Waals surface area (Å²) in [5.41, 5.74) is 0. The van der Waals surface area contributed by atoms with Crippen molar-refractivity contribution in [3.63, 3.8) is 0 Å². The molecule has 0 rings (SSSR count). The molecule has 0 heterocycles. The molecule has 1 atom stereocenters. The van der Waals surface area contributed by atoms with Crippen LogP contribution < -0.4 is 0 Å². The summed E-state index contributed by atoms with van der Waals surface area (Å²) in [4.78, 5) is 9.69. The van der Waals surface area contributed by atoms with Gasteiger partial charge in [-0.1, -0.05) is 0 Å². The molecule has 0 amide bonds. The van der Waals surface area contributed by atoms with Crippen LogP contribution in [0.2, 0.25) is 0 Å². The van der Waals surface area contributed by atoms with Crippen molar-refractivity contribution in [2.45, 2.75) is 23.0 Å². The highest BCUT2D eigenvalue weighted by Crippen LogP contribution is 2.54. The summed E-state index contributed by atoms with van der Waals surface area (Å²) >= 11 is 0. The van der Waals surface area contributed by atoms with Gasteiger partial charge in [0.2, 0.25) is 0 Å². The Morgan fingerprint density at radius 3 is 1.26 bits per heavy atom. The molecule has 0 spiro atoms. The van der Waals surface area contributed by atoms with Gasteiger partial charge in [0, 0.05) is 0 Å². The standard InChI is InChI=1S/C5F10O3S/c6-1(16)2(7,19(15,17)18)3(8,9)4(10,11)5(12,13)14/t2-/m0/s1. The van der Waals surface area contributed by atoms with E-state index >= 15 is 0 Å². The Labute approximate surface area is 96.9 Å². The van der Waals surface area contributed by atoms with Crippen molar-refractivity contribution in [2.75, 3.05) is 0 Å². The first-order valence-corrected chi connectivity index (χ1v) is 4.98. The third-order valence-electron chi connectivity index (χ3n) is 1.74. The number of carbonyl (C=O) groups is 1. The first-order valence-electron chi connectivity index (χ1n) is 3.60. The first kappa shape index (κ1) is 17.9. The highest BCUT2D eigenvalue weighted by atomic mass is 32.3. The third kappa shape index (κ3) is 2.25. The molecule has 0 aromatic rings. The van der Waals surface area contributed by atoms with E-state index in [1.54, 1.807) is 0 Å². The zero-order chi connectivity index (χ0) is 16.1. The number of hydrogen-bond acceptors (Lipinski definition) is 3. The summed E-state index contributed by atoms with van der Waals surface area (Å²) in [6.07, 6.45) is -7.28. The van der Waals surface area contributed by atoms with Gasteiger partial charge in [-0.05, 0) is 0 Å². The van der Waals surface area contributed by atoms with E-state index in [9.17, 15) is 56.6 Å². The van der Waals surface area contributed by atoms with Gasteiger partial charge in [-0.25, -0.2) is 4.39 Å². The average Bonchev–Trinajstić information content (AvgIpc) is 2.11. The zero-order valence-corrected chi connectivity index (χ0v) is 8.73. The maximum atomic E-state index is 12.8. The van der Waals surface area contributed by atoms with Crippen LogP contribution in [0.15, 0.2) is 0 Å². The van der Waals surface area contributed by atoms with Gasteiger partial charge < -0.3 is 0 Å². The van der Waals surface area contributed by atoms with Crippen LogP contribution in [0.4, 0.5) is 43.4 Å². The van der Waals surface area contributed by atoms with Crippen molar-refractivity contribution < 1.29 is 56.6 Å². The van der Waals surface area contributed by atoms with E-state index < -0.39 is 39.3 Å². The normalized spacial score (nSPS) is 18.0. The minimum absolute atomic E-state index is 4.57. The largest absolute Gasteiger partial charge is 0.460 e. The predicted molar refractivity (Wildman–Crippen MR) is 35.9 cm³/mol. The molecule has 0 N–H and O–H groups in total. The topological polar surface area (TPSA) is 51.2 Å². The van der Waals surface area contributed by atoms with Gasteiger partial charge in [0.1, 0.15) is 0 Å². The summed E-state index contributed by atoms with van der Waals surface area (Å²) in [5.74, 6) is -15.1. The van der Waals surface area contributed by atoms with Crippen molar-refractivity contribution in [1.29, 1.82) is 0 Å². The van der Waals surface area contributed by atoms with Crippen LogP contribution in [0.25, 0.3) is 0 Å². The van der Waals surface area contributed by atoms with Crippen molar-refractivity contribution in [3.8, 4) is 0 Å². The molecule has 19 heavy (non-hydrogen) atoms. The van der Waals surface area contributed by atoms with Gasteiger partial charge in [0.25, 0.3) is 0 Å². The Bertz CT molecular complexity index is 478.